The first-order chi connectivity index (χ1) is 15.7. The number of hydrogen-bond donors (Lipinski definition) is 5. The second-order valence-corrected chi connectivity index (χ2v) is 7.04. The van der Waals surface area contributed by atoms with Gasteiger partial charge < -0.3 is 41.5 Å². The molecule has 2 amide bonds. The minimum Gasteiger partial charge on any atom is -0.550 e. The second kappa shape index (κ2) is 11.7. The van der Waals surface area contributed by atoms with E-state index in [1.807, 2.05) is 0 Å². The maximum absolute atomic E-state index is 12.3. The molecule has 6 N–H and O–H groups in total. The smallest absolute Gasteiger partial charge is 0.550 e. The van der Waals surface area contributed by atoms with Gasteiger partial charge in [-0.15, -0.1) is 0 Å². The third kappa shape index (κ3) is 6.36. The van der Waals surface area contributed by atoms with Gasteiger partial charge in [-0.2, -0.15) is 4.98 Å². The molecule has 0 aliphatic carbocycles. The van der Waals surface area contributed by atoms with Gasteiger partial charge in [0.25, 0.3) is 11.5 Å². The van der Waals surface area contributed by atoms with E-state index >= 15 is 0 Å². The van der Waals surface area contributed by atoms with E-state index < -0.39 is 42.0 Å². The molecule has 2 aromatic rings. The van der Waals surface area contributed by atoms with Gasteiger partial charge in [-0.3, -0.25) is 24.3 Å². The number of aliphatic carboxylic acids is 2. The number of aromatic amines is 1. The fraction of sp³-hybridized carbons (Fsp3) is 0.263. The molecular weight excluding hydrogens is 478 g/mol. The van der Waals surface area contributed by atoms with Crippen molar-refractivity contribution in [1.29, 1.82) is 0 Å². The number of hydrogen-bond acceptors (Lipinski definition) is 11. The van der Waals surface area contributed by atoms with Crippen LogP contribution in [0.4, 0.5) is 23.1 Å². The number of carbonyl (C=O) groups excluding carboxylic acids is 4. The van der Waals surface area contributed by atoms with Crippen molar-refractivity contribution >= 4 is 85.1 Å². The quantitative estimate of drug-likeness (QED) is 0.167. The Morgan fingerprint density at radius 2 is 1.94 bits per heavy atom. The Morgan fingerprint density at radius 3 is 2.53 bits per heavy atom. The number of H-pyrrole nitrogens is 1. The number of nitrogens with zero attached hydrogens (tertiary/aromatic N) is 2. The van der Waals surface area contributed by atoms with Gasteiger partial charge in [-0.05, 0) is 37.1 Å². The first-order valence-corrected chi connectivity index (χ1v) is 9.65. The molecule has 1 unspecified atom stereocenters. The molecule has 0 fully saturated rings. The number of nitrogens with one attached hydrogen (secondary N) is 4. The summed E-state index contributed by atoms with van der Waals surface area (Å²) in [5.74, 6) is -3.75. The van der Waals surface area contributed by atoms with Crippen molar-refractivity contribution in [2.75, 3.05) is 27.8 Å². The van der Waals surface area contributed by atoms with Crippen molar-refractivity contribution in [2.24, 2.45) is 0 Å². The molecule has 1 aromatic heterocycles. The Labute approximate surface area is 221 Å². The molecular formula is C19H19CaN7O7. The van der Waals surface area contributed by atoms with Crippen molar-refractivity contribution in [3.8, 4) is 0 Å². The van der Waals surface area contributed by atoms with E-state index in [1.165, 1.54) is 24.3 Å². The molecule has 2 atom stereocenters. The normalized spacial score (nSPS) is 15.1. The molecule has 0 spiro atoms. The van der Waals surface area contributed by atoms with Crippen LogP contribution in [0.3, 0.4) is 0 Å². The molecule has 14 nitrogen and oxygen atoms in total. The molecule has 0 radical (unpaired) electrons. The summed E-state index contributed by atoms with van der Waals surface area (Å²) in [6, 6.07) is 4.31. The molecule has 15 heteroatoms. The molecule has 1 aliphatic rings. The van der Waals surface area contributed by atoms with Crippen molar-refractivity contribution in [3.05, 3.63) is 40.2 Å². The number of benzene rings is 1. The monoisotopic (exact) mass is 497 g/mol. The molecule has 2 heterocycles. The van der Waals surface area contributed by atoms with Crippen LogP contribution >= 0.6 is 0 Å². The summed E-state index contributed by atoms with van der Waals surface area (Å²) in [5.41, 5.74) is 5.50. The maximum Gasteiger partial charge on any atom is 2.00 e. The van der Waals surface area contributed by atoms with E-state index in [4.69, 9.17) is 5.73 Å². The molecule has 3 rings (SSSR count). The molecule has 0 saturated carbocycles. The van der Waals surface area contributed by atoms with Gasteiger partial charge in [0.2, 0.25) is 12.4 Å². The average Bonchev–Trinajstić information content (AvgIpc) is 2.76. The Kier molecular flexibility index (Phi) is 9.23. The van der Waals surface area contributed by atoms with Crippen LogP contribution in [-0.4, -0.2) is 90.7 Å². The van der Waals surface area contributed by atoms with Crippen LogP contribution in [0.2, 0.25) is 0 Å². The van der Waals surface area contributed by atoms with E-state index in [2.05, 4.69) is 25.9 Å². The number of nitrogens with two attached hydrogens (primary N) is 1. The van der Waals surface area contributed by atoms with Gasteiger partial charge in [0, 0.05) is 17.2 Å². The summed E-state index contributed by atoms with van der Waals surface area (Å²) in [6.45, 7) is 0.190. The number of carboxylic acids is 2. The fourth-order valence-corrected chi connectivity index (χ4v) is 3.20. The Hall–Kier alpha value is -3.36. The van der Waals surface area contributed by atoms with Crippen LogP contribution in [0.5, 0.6) is 0 Å². The molecule has 174 valence electrons. The topological polar surface area (TPSA) is 225 Å². The number of nitrogen functional groups attached to an aromatic ring is 1. The minimum atomic E-state index is -1.62. The number of amides is 2. The molecule has 0 saturated heterocycles. The van der Waals surface area contributed by atoms with Gasteiger partial charge in [0.15, 0.2) is 11.5 Å². The zero-order valence-electron chi connectivity index (χ0n) is 17.7. The number of fused-ring (bicyclic) bond motifs is 1. The van der Waals surface area contributed by atoms with Crippen LogP contribution in [0.15, 0.2) is 29.1 Å². The number of anilines is 4. The van der Waals surface area contributed by atoms with Crippen molar-refractivity contribution in [3.63, 3.8) is 0 Å². The summed E-state index contributed by atoms with van der Waals surface area (Å²) >= 11 is 0. The third-order valence-corrected chi connectivity index (χ3v) is 4.79. The predicted octanol–water partition coefficient (Wildman–Crippen LogP) is -3.82. The summed E-state index contributed by atoms with van der Waals surface area (Å²) < 4.78 is 0. The van der Waals surface area contributed by atoms with Gasteiger partial charge in [0.1, 0.15) is 6.17 Å². The average molecular weight is 497 g/mol. The molecule has 1 aromatic carbocycles. The van der Waals surface area contributed by atoms with Gasteiger partial charge in [-0.1, -0.05) is 0 Å². The second-order valence-electron chi connectivity index (χ2n) is 7.04. The zero-order chi connectivity index (χ0) is 24.1. The third-order valence-electron chi connectivity index (χ3n) is 4.79. The summed E-state index contributed by atoms with van der Waals surface area (Å²) in [5, 5.41) is 29.8. The van der Waals surface area contributed by atoms with Crippen LogP contribution in [0.1, 0.15) is 23.2 Å². The number of carbonyl (C=O) groups is 4. The van der Waals surface area contributed by atoms with Crippen LogP contribution in [0, 0.1) is 0 Å². The van der Waals surface area contributed by atoms with E-state index in [0.717, 1.165) is 4.90 Å². The van der Waals surface area contributed by atoms with E-state index in [0.29, 0.717) is 12.1 Å². The summed E-state index contributed by atoms with van der Waals surface area (Å²) in [7, 11) is 0. The largest absolute Gasteiger partial charge is 2.00 e. The SMILES string of the molecule is Nc1nc2c(c(=O)[nH]1)N(C=O)C(Nc1ccc(C(=O)N[C@@H](CCC(=O)[O-])C(=O)[O-])cc1)CN2.[Ca+2]. The number of aromatic nitrogens is 2. The van der Waals surface area contributed by atoms with Gasteiger partial charge in [-0.25, -0.2) is 0 Å². The predicted molar refractivity (Wildman–Crippen MR) is 116 cm³/mol. The van der Waals surface area contributed by atoms with Crippen molar-refractivity contribution < 1.29 is 29.4 Å². The Balaban J connectivity index is 0.00000408. The standard InChI is InChI=1S/C19H21N7O7.Ca/c20-19-24-15-14(17(31)25-19)26(8-27)12(7-21-15)22-10-3-1-9(2-4-10)16(30)23-11(18(32)33)5-6-13(28)29;/h1-4,8,11-12,22H,5-7H2,(H,23,30)(H,28,29)(H,32,33)(H4,20,21,24,25,31);/q;+2/p-2/t11-,12?;/m0./s1. The van der Waals surface area contributed by atoms with E-state index in [-0.39, 0.29) is 73.7 Å². The van der Waals surface area contributed by atoms with Crippen LogP contribution < -0.4 is 42.4 Å². The van der Waals surface area contributed by atoms with Crippen LogP contribution in [0.25, 0.3) is 0 Å². The minimum absolute atomic E-state index is 0. The van der Waals surface area contributed by atoms with Crippen LogP contribution in [-0.2, 0) is 14.4 Å². The van der Waals surface area contributed by atoms with Gasteiger partial charge in [0.05, 0.1) is 18.6 Å². The number of carboxylic acid groups (broad SMARTS) is 2. The molecule has 34 heavy (non-hydrogen) atoms. The summed E-state index contributed by atoms with van der Waals surface area (Å²) in [6.07, 6.45) is -1.14. The Bertz CT molecular complexity index is 1140. The summed E-state index contributed by atoms with van der Waals surface area (Å²) in [4.78, 5) is 65.3. The zero-order valence-corrected chi connectivity index (χ0v) is 19.9. The fourth-order valence-electron chi connectivity index (χ4n) is 3.20. The maximum atomic E-state index is 12.3. The first-order valence-electron chi connectivity index (χ1n) is 9.65. The first kappa shape index (κ1) is 26.9. The molecule has 1 aliphatic heterocycles. The van der Waals surface area contributed by atoms with E-state index in [9.17, 15) is 34.2 Å². The molecule has 0 bridgehead atoms. The Morgan fingerprint density at radius 1 is 1.26 bits per heavy atom. The van der Waals surface area contributed by atoms with Gasteiger partial charge >= 0.3 is 37.7 Å². The van der Waals surface area contributed by atoms with Crippen molar-refractivity contribution in [2.45, 2.75) is 25.0 Å². The van der Waals surface area contributed by atoms with E-state index in [1.54, 1.807) is 0 Å². The van der Waals surface area contributed by atoms with Crippen molar-refractivity contribution in [1.82, 2.24) is 15.3 Å². The number of rotatable bonds is 9.